The summed E-state index contributed by atoms with van der Waals surface area (Å²) in [7, 11) is 1.58. The highest BCUT2D eigenvalue weighted by Gasteiger charge is 2.01. The Kier molecular flexibility index (Phi) is 6.00. The van der Waals surface area contributed by atoms with Crippen molar-refractivity contribution in [3.63, 3.8) is 0 Å². The molecule has 4 nitrogen and oxygen atoms in total. The molecule has 2 rings (SSSR count). The molecule has 2 aromatic carbocycles. The van der Waals surface area contributed by atoms with Gasteiger partial charge in [-0.15, -0.1) is 0 Å². The SMILES string of the molecule is C=CCOc1ccc(/C=C/C(=O)Oc2ccc(OC)cc2)cc1. The summed E-state index contributed by atoms with van der Waals surface area (Å²) in [4.78, 5) is 11.8. The Bertz CT molecular complexity index is 670. The molecule has 0 aliphatic rings. The van der Waals surface area contributed by atoms with E-state index < -0.39 is 5.97 Å². The molecule has 23 heavy (non-hydrogen) atoms. The molecule has 0 spiro atoms. The lowest BCUT2D eigenvalue weighted by molar-refractivity contribution is -0.128. The maximum Gasteiger partial charge on any atom is 0.336 e. The van der Waals surface area contributed by atoms with Crippen molar-refractivity contribution in [2.75, 3.05) is 13.7 Å². The van der Waals surface area contributed by atoms with Crippen molar-refractivity contribution in [3.8, 4) is 17.2 Å². The smallest absolute Gasteiger partial charge is 0.336 e. The molecule has 0 N–H and O–H groups in total. The number of hydrogen-bond donors (Lipinski definition) is 0. The van der Waals surface area contributed by atoms with Crippen LogP contribution in [0.2, 0.25) is 0 Å². The number of benzene rings is 2. The van der Waals surface area contributed by atoms with E-state index >= 15 is 0 Å². The van der Waals surface area contributed by atoms with E-state index in [0.29, 0.717) is 18.1 Å². The van der Waals surface area contributed by atoms with E-state index in [1.165, 1.54) is 6.08 Å². The molecule has 0 saturated carbocycles. The third kappa shape index (κ3) is 5.36. The van der Waals surface area contributed by atoms with Gasteiger partial charge in [0, 0.05) is 6.08 Å². The number of carbonyl (C=O) groups is 1. The van der Waals surface area contributed by atoms with Crippen molar-refractivity contribution in [1.82, 2.24) is 0 Å². The fraction of sp³-hybridized carbons (Fsp3) is 0.105. The molecule has 4 heteroatoms. The van der Waals surface area contributed by atoms with Crippen LogP contribution >= 0.6 is 0 Å². The van der Waals surface area contributed by atoms with Crippen LogP contribution in [-0.2, 0) is 4.79 Å². The van der Waals surface area contributed by atoms with Gasteiger partial charge in [0.15, 0.2) is 0 Å². The molecule has 0 amide bonds. The fourth-order valence-electron chi connectivity index (χ4n) is 1.79. The van der Waals surface area contributed by atoms with Crippen molar-refractivity contribution in [3.05, 3.63) is 72.8 Å². The lowest BCUT2D eigenvalue weighted by Crippen LogP contribution is -2.03. The lowest BCUT2D eigenvalue weighted by atomic mass is 10.2. The van der Waals surface area contributed by atoms with Crippen molar-refractivity contribution in [2.24, 2.45) is 0 Å². The fourth-order valence-corrected chi connectivity index (χ4v) is 1.79. The number of rotatable bonds is 7. The summed E-state index contributed by atoms with van der Waals surface area (Å²) in [6.07, 6.45) is 4.75. The van der Waals surface area contributed by atoms with Crippen molar-refractivity contribution in [1.29, 1.82) is 0 Å². The summed E-state index contributed by atoms with van der Waals surface area (Å²) in [5.41, 5.74) is 0.877. The van der Waals surface area contributed by atoms with Gasteiger partial charge in [-0.25, -0.2) is 4.79 Å². The number of carbonyl (C=O) groups excluding carboxylic acids is 1. The highest BCUT2D eigenvalue weighted by molar-refractivity contribution is 5.88. The van der Waals surface area contributed by atoms with Gasteiger partial charge in [-0.3, -0.25) is 0 Å². The Morgan fingerprint density at radius 2 is 1.61 bits per heavy atom. The van der Waals surface area contributed by atoms with Crippen LogP contribution in [0.15, 0.2) is 67.3 Å². The normalized spacial score (nSPS) is 10.3. The molecule has 0 bridgehead atoms. The average molecular weight is 310 g/mol. The summed E-state index contributed by atoms with van der Waals surface area (Å²) in [6.45, 7) is 4.05. The van der Waals surface area contributed by atoms with Gasteiger partial charge in [-0.2, -0.15) is 0 Å². The maximum atomic E-state index is 11.8. The van der Waals surface area contributed by atoms with E-state index in [4.69, 9.17) is 14.2 Å². The predicted molar refractivity (Wildman–Crippen MR) is 89.8 cm³/mol. The summed E-state index contributed by atoms with van der Waals surface area (Å²) >= 11 is 0. The second-order valence-electron chi connectivity index (χ2n) is 4.60. The van der Waals surface area contributed by atoms with Crippen LogP contribution in [0.25, 0.3) is 6.08 Å². The van der Waals surface area contributed by atoms with Gasteiger partial charge >= 0.3 is 5.97 Å². The second-order valence-corrected chi connectivity index (χ2v) is 4.60. The molecule has 0 atom stereocenters. The van der Waals surface area contributed by atoms with Gasteiger partial charge in [0.25, 0.3) is 0 Å². The third-order valence-corrected chi connectivity index (χ3v) is 2.94. The van der Waals surface area contributed by atoms with E-state index in [-0.39, 0.29) is 0 Å². The third-order valence-electron chi connectivity index (χ3n) is 2.94. The van der Waals surface area contributed by atoms with Crippen LogP contribution in [-0.4, -0.2) is 19.7 Å². The van der Waals surface area contributed by atoms with Gasteiger partial charge in [0.05, 0.1) is 7.11 Å². The van der Waals surface area contributed by atoms with Crippen molar-refractivity contribution in [2.45, 2.75) is 0 Å². The van der Waals surface area contributed by atoms with Gasteiger partial charge < -0.3 is 14.2 Å². The molecule has 0 aliphatic carbocycles. The Balaban J connectivity index is 1.90. The first-order valence-corrected chi connectivity index (χ1v) is 7.09. The molecular weight excluding hydrogens is 292 g/mol. The Labute approximate surface area is 135 Å². The molecule has 0 saturated heterocycles. The topological polar surface area (TPSA) is 44.8 Å². The summed E-state index contributed by atoms with van der Waals surface area (Å²) in [5.74, 6) is 1.48. The predicted octanol–water partition coefficient (Wildman–Crippen LogP) is 3.88. The zero-order valence-electron chi connectivity index (χ0n) is 12.9. The van der Waals surface area contributed by atoms with Gasteiger partial charge in [-0.1, -0.05) is 24.8 Å². The molecule has 0 unspecified atom stereocenters. The molecule has 0 fully saturated rings. The Morgan fingerprint density at radius 1 is 1.00 bits per heavy atom. The van der Waals surface area contributed by atoms with E-state index in [1.807, 2.05) is 24.3 Å². The van der Waals surface area contributed by atoms with Crippen LogP contribution in [0.4, 0.5) is 0 Å². The Hall–Kier alpha value is -3.01. The first kappa shape index (κ1) is 16.4. The maximum absolute atomic E-state index is 11.8. The van der Waals surface area contributed by atoms with Crippen molar-refractivity contribution < 1.29 is 19.0 Å². The van der Waals surface area contributed by atoms with Gasteiger partial charge in [-0.05, 0) is 48.0 Å². The monoisotopic (exact) mass is 310 g/mol. The standard InChI is InChI=1S/C19H18O4/c1-3-14-22-17-7-4-15(5-8-17)6-13-19(20)23-18-11-9-16(21-2)10-12-18/h3-13H,1,14H2,2H3/b13-6+. The second kappa shape index (κ2) is 8.44. The van der Waals surface area contributed by atoms with Crippen LogP contribution in [0.1, 0.15) is 5.56 Å². The molecule has 0 heterocycles. The van der Waals surface area contributed by atoms with Crippen LogP contribution in [0.5, 0.6) is 17.2 Å². The number of hydrogen-bond acceptors (Lipinski definition) is 4. The highest BCUT2D eigenvalue weighted by atomic mass is 16.5. The minimum Gasteiger partial charge on any atom is -0.497 e. The van der Waals surface area contributed by atoms with E-state index in [2.05, 4.69) is 6.58 Å². The van der Waals surface area contributed by atoms with E-state index in [1.54, 1.807) is 43.5 Å². The lowest BCUT2D eigenvalue weighted by Gasteiger charge is -2.03. The number of esters is 1. The molecule has 0 aromatic heterocycles. The van der Waals surface area contributed by atoms with E-state index in [9.17, 15) is 4.79 Å². The molecule has 0 radical (unpaired) electrons. The first-order chi connectivity index (χ1) is 11.2. The molecule has 2 aromatic rings. The van der Waals surface area contributed by atoms with E-state index in [0.717, 1.165) is 11.3 Å². The summed E-state index contributed by atoms with van der Waals surface area (Å²) < 4.78 is 15.6. The minimum absolute atomic E-state index is 0.442. The zero-order chi connectivity index (χ0) is 16.5. The quantitative estimate of drug-likeness (QED) is 0.337. The average Bonchev–Trinajstić information content (AvgIpc) is 2.59. The number of ether oxygens (including phenoxy) is 3. The molecular formula is C19H18O4. The minimum atomic E-state index is -0.442. The zero-order valence-corrected chi connectivity index (χ0v) is 12.9. The van der Waals surface area contributed by atoms with Crippen LogP contribution in [0, 0.1) is 0 Å². The molecule has 0 aliphatic heterocycles. The van der Waals surface area contributed by atoms with Gasteiger partial charge in [0.2, 0.25) is 0 Å². The highest BCUT2D eigenvalue weighted by Crippen LogP contribution is 2.17. The summed E-state index contributed by atoms with van der Waals surface area (Å²) in [5, 5.41) is 0. The largest absolute Gasteiger partial charge is 0.497 e. The number of methoxy groups -OCH3 is 1. The Morgan fingerprint density at radius 3 is 2.22 bits per heavy atom. The van der Waals surface area contributed by atoms with Crippen molar-refractivity contribution >= 4 is 12.0 Å². The molecule has 118 valence electrons. The first-order valence-electron chi connectivity index (χ1n) is 7.09. The summed E-state index contributed by atoms with van der Waals surface area (Å²) in [6, 6.07) is 14.2. The van der Waals surface area contributed by atoms with Crippen LogP contribution < -0.4 is 14.2 Å². The van der Waals surface area contributed by atoms with Crippen LogP contribution in [0.3, 0.4) is 0 Å². The van der Waals surface area contributed by atoms with Gasteiger partial charge in [0.1, 0.15) is 23.9 Å².